The summed E-state index contributed by atoms with van der Waals surface area (Å²) in [5.74, 6) is 0.695. The zero-order valence-electron chi connectivity index (χ0n) is 10.3. The van der Waals surface area contributed by atoms with Crippen LogP contribution in [0.15, 0.2) is 12.3 Å². The quantitative estimate of drug-likeness (QED) is 0.794. The van der Waals surface area contributed by atoms with Crippen LogP contribution >= 0.6 is 23.2 Å². The van der Waals surface area contributed by atoms with Gasteiger partial charge in [0.1, 0.15) is 5.15 Å². The van der Waals surface area contributed by atoms with Crippen molar-refractivity contribution in [3.05, 3.63) is 28.0 Å². The summed E-state index contributed by atoms with van der Waals surface area (Å²) < 4.78 is 0. The van der Waals surface area contributed by atoms with E-state index in [1.165, 1.54) is 0 Å². The molecule has 0 aliphatic carbocycles. The van der Waals surface area contributed by atoms with E-state index in [1.54, 1.807) is 12.3 Å². The Bertz CT molecular complexity index is 451. The van der Waals surface area contributed by atoms with Gasteiger partial charge in [-0.2, -0.15) is 0 Å². The second-order valence-corrected chi connectivity index (χ2v) is 5.53. The molecule has 1 unspecified atom stereocenters. The van der Waals surface area contributed by atoms with Crippen LogP contribution in [-0.2, 0) is 11.3 Å². The highest BCUT2D eigenvalue weighted by Gasteiger charge is 2.29. The van der Waals surface area contributed by atoms with Crippen LogP contribution in [0.25, 0.3) is 0 Å². The molecule has 1 fully saturated rings. The molecule has 0 aromatic carbocycles. The molecule has 0 radical (unpaired) electrons. The first-order valence-electron chi connectivity index (χ1n) is 6.17. The summed E-state index contributed by atoms with van der Waals surface area (Å²) in [7, 11) is 0. The van der Waals surface area contributed by atoms with Gasteiger partial charge < -0.3 is 4.90 Å². The molecule has 2 heterocycles. The number of aromatic nitrogens is 1. The number of hydrogen-bond acceptors (Lipinski definition) is 2. The third-order valence-electron chi connectivity index (χ3n) is 3.25. The van der Waals surface area contributed by atoms with Gasteiger partial charge in [-0.25, -0.2) is 4.98 Å². The van der Waals surface area contributed by atoms with E-state index in [0.717, 1.165) is 24.9 Å². The van der Waals surface area contributed by atoms with E-state index in [2.05, 4.69) is 11.9 Å². The van der Waals surface area contributed by atoms with Gasteiger partial charge in [0.15, 0.2) is 0 Å². The molecule has 0 saturated carbocycles. The number of carbonyl (C=O) groups is 1. The van der Waals surface area contributed by atoms with Crippen molar-refractivity contribution in [1.82, 2.24) is 9.88 Å². The van der Waals surface area contributed by atoms with Crippen LogP contribution in [0.3, 0.4) is 0 Å². The fourth-order valence-electron chi connectivity index (χ4n) is 2.37. The van der Waals surface area contributed by atoms with E-state index in [4.69, 9.17) is 23.2 Å². The highest BCUT2D eigenvalue weighted by molar-refractivity contribution is 6.34. The SMILES string of the molecule is CCCC1CC(=O)N(Cc2cnc(Cl)cc2Cl)C1. The topological polar surface area (TPSA) is 33.2 Å². The molecule has 0 N–H and O–H groups in total. The van der Waals surface area contributed by atoms with Gasteiger partial charge in [0.05, 0.1) is 5.02 Å². The number of halogens is 2. The van der Waals surface area contributed by atoms with Crippen LogP contribution in [0.2, 0.25) is 10.2 Å². The number of carbonyl (C=O) groups excluding carboxylic acids is 1. The average molecular weight is 287 g/mol. The van der Waals surface area contributed by atoms with E-state index in [1.807, 2.05) is 4.90 Å². The number of hydrogen-bond donors (Lipinski definition) is 0. The molecule has 0 spiro atoms. The van der Waals surface area contributed by atoms with Gasteiger partial charge in [-0.05, 0) is 18.4 Å². The third kappa shape index (κ3) is 3.15. The molecule has 1 aliphatic rings. The van der Waals surface area contributed by atoms with Crippen molar-refractivity contribution in [2.45, 2.75) is 32.7 Å². The maximum absolute atomic E-state index is 11.9. The summed E-state index contributed by atoms with van der Waals surface area (Å²) in [6, 6.07) is 1.61. The molecule has 1 amide bonds. The highest BCUT2D eigenvalue weighted by Crippen LogP contribution is 2.26. The average Bonchev–Trinajstić information content (AvgIpc) is 2.64. The molecule has 1 saturated heterocycles. The van der Waals surface area contributed by atoms with E-state index in [0.29, 0.717) is 29.1 Å². The molecule has 5 heteroatoms. The highest BCUT2D eigenvalue weighted by atomic mass is 35.5. The second kappa shape index (κ2) is 5.89. The van der Waals surface area contributed by atoms with Gasteiger partial charge in [0.25, 0.3) is 0 Å². The summed E-state index contributed by atoms with van der Waals surface area (Å²) in [5, 5.41) is 0.946. The third-order valence-corrected chi connectivity index (χ3v) is 3.81. The minimum Gasteiger partial charge on any atom is -0.338 e. The Morgan fingerprint density at radius 2 is 2.28 bits per heavy atom. The Morgan fingerprint density at radius 1 is 1.50 bits per heavy atom. The Kier molecular flexibility index (Phi) is 4.46. The smallest absolute Gasteiger partial charge is 0.223 e. The van der Waals surface area contributed by atoms with Crippen molar-refractivity contribution < 1.29 is 4.79 Å². The Labute approximate surface area is 117 Å². The molecule has 1 aromatic rings. The van der Waals surface area contributed by atoms with Crippen LogP contribution in [-0.4, -0.2) is 22.3 Å². The predicted molar refractivity (Wildman–Crippen MR) is 72.7 cm³/mol. The van der Waals surface area contributed by atoms with Crippen LogP contribution in [0, 0.1) is 5.92 Å². The van der Waals surface area contributed by atoms with Crippen LogP contribution < -0.4 is 0 Å². The first-order chi connectivity index (χ1) is 8.60. The minimum atomic E-state index is 0.208. The fourth-order valence-corrected chi connectivity index (χ4v) is 2.79. The summed E-state index contributed by atoms with van der Waals surface area (Å²) in [5.41, 5.74) is 0.853. The lowest BCUT2D eigenvalue weighted by Crippen LogP contribution is -2.24. The first kappa shape index (κ1) is 13.6. The molecular weight excluding hydrogens is 271 g/mol. The van der Waals surface area contributed by atoms with Crippen molar-refractivity contribution in [1.29, 1.82) is 0 Å². The molecular formula is C13H16Cl2N2O. The zero-order chi connectivity index (χ0) is 13.1. The molecule has 3 nitrogen and oxygen atoms in total. The Hall–Kier alpha value is -0.800. The fraction of sp³-hybridized carbons (Fsp3) is 0.538. The monoisotopic (exact) mass is 286 g/mol. The number of pyridine rings is 1. The lowest BCUT2D eigenvalue weighted by molar-refractivity contribution is -0.128. The first-order valence-corrected chi connectivity index (χ1v) is 6.93. The van der Waals surface area contributed by atoms with Gasteiger partial charge in [0.2, 0.25) is 5.91 Å². The van der Waals surface area contributed by atoms with Gasteiger partial charge >= 0.3 is 0 Å². The molecule has 0 bridgehead atoms. The Morgan fingerprint density at radius 3 is 2.94 bits per heavy atom. The summed E-state index contributed by atoms with van der Waals surface area (Å²) in [6.45, 7) is 3.50. The van der Waals surface area contributed by atoms with Crippen molar-refractivity contribution in [2.24, 2.45) is 5.92 Å². The normalized spacial score (nSPS) is 19.6. The van der Waals surface area contributed by atoms with Gasteiger partial charge in [0, 0.05) is 31.3 Å². The van der Waals surface area contributed by atoms with E-state index < -0.39 is 0 Å². The molecule has 18 heavy (non-hydrogen) atoms. The predicted octanol–water partition coefficient (Wildman–Crippen LogP) is 3.54. The Balaban J connectivity index is 2.03. The summed E-state index contributed by atoms with van der Waals surface area (Å²) in [4.78, 5) is 17.7. The van der Waals surface area contributed by atoms with E-state index in [9.17, 15) is 4.79 Å². The maximum atomic E-state index is 11.9. The molecule has 2 rings (SSSR count). The van der Waals surface area contributed by atoms with Crippen molar-refractivity contribution >= 4 is 29.1 Å². The van der Waals surface area contributed by atoms with Crippen molar-refractivity contribution in [3.8, 4) is 0 Å². The minimum absolute atomic E-state index is 0.208. The number of rotatable bonds is 4. The van der Waals surface area contributed by atoms with E-state index >= 15 is 0 Å². The van der Waals surface area contributed by atoms with Crippen molar-refractivity contribution in [2.75, 3.05) is 6.54 Å². The lowest BCUT2D eigenvalue weighted by Gasteiger charge is -2.17. The van der Waals surface area contributed by atoms with Crippen LogP contribution in [0.4, 0.5) is 0 Å². The molecule has 1 aromatic heterocycles. The van der Waals surface area contributed by atoms with E-state index in [-0.39, 0.29) is 5.91 Å². The van der Waals surface area contributed by atoms with Crippen LogP contribution in [0.1, 0.15) is 31.7 Å². The summed E-state index contributed by atoms with van der Waals surface area (Å²) in [6.07, 6.45) is 4.53. The van der Waals surface area contributed by atoms with Gasteiger partial charge in [-0.1, -0.05) is 36.5 Å². The van der Waals surface area contributed by atoms with Crippen molar-refractivity contribution in [3.63, 3.8) is 0 Å². The number of likely N-dealkylation sites (tertiary alicyclic amines) is 1. The van der Waals surface area contributed by atoms with Gasteiger partial charge in [-0.3, -0.25) is 4.79 Å². The largest absolute Gasteiger partial charge is 0.338 e. The zero-order valence-corrected chi connectivity index (χ0v) is 11.8. The standard InChI is InChI=1S/C13H16Cl2N2O/c1-2-3-9-4-13(18)17(7-9)8-10-6-16-12(15)5-11(10)14/h5-6,9H,2-4,7-8H2,1H3. The van der Waals surface area contributed by atoms with Crippen LogP contribution in [0.5, 0.6) is 0 Å². The molecule has 1 aliphatic heterocycles. The second-order valence-electron chi connectivity index (χ2n) is 4.73. The van der Waals surface area contributed by atoms with Gasteiger partial charge in [-0.15, -0.1) is 0 Å². The molecule has 98 valence electrons. The molecule has 1 atom stereocenters. The maximum Gasteiger partial charge on any atom is 0.223 e. The lowest BCUT2D eigenvalue weighted by atomic mass is 10.0. The number of nitrogens with zero attached hydrogens (tertiary/aromatic N) is 2. The summed E-state index contributed by atoms with van der Waals surface area (Å²) >= 11 is 11.8. The number of amides is 1.